The van der Waals surface area contributed by atoms with Crippen LogP contribution in [-0.4, -0.2) is 25.9 Å². The van der Waals surface area contributed by atoms with Gasteiger partial charge in [0, 0.05) is 29.8 Å². The molecular formula is C17H18BrN3O2. The molecule has 0 unspecified atom stereocenters. The number of nitrogens with zero attached hydrogens (tertiary/aromatic N) is 1. The van der Waals surface area contributed by atoms with Crippen molar-refractivity contribution in [2.75, 3.05) is 19.0 Å². The predicted molar refractivity (Wildman–Crippen MR) is 94.2 cm³/mol. The lowest BCUT2D eigenvalue weighted by molar-refractivity contribution is -0.121. The van der Waals surface area contributed by atoms with Crippen LogP contribution in [0, 0.1) is 0 Å². The molecule has 0 radical (unpaired) electrons. The van der Waals surface area contributed by atoms with E-state index in [1.165, 1.54) is 0 Å². The Labute approximate surface area is 143 Å². The zero-order chi connectivity index (χ0) is 16.8. The van der Waals surface area contributed by atoms with Crippen molar-refractivity contribution in [3.05, 3.63) is 64.1 Å². The molecule has 120 valence electrons. The molecule has 0 heterocycles. The van der Waals surface area contributed by atoms with Gasteiger partial charge in [-0.3, -0.25) is 20.4 Å². The Kier molecular flexibility index (Phi) is 5.76. The van der Waals surface area contributed by atoms with E-state index >= 15 is 0 Å². The maximum absolute atomic E-state index is 12.1. The van der Waals surface area contributed by atoms with Crippen LogP contribution in [-0.2, 0) is 11.2 Å². The molecule has 0 atom stereocenters. The van der Waals surface area contributed by atoms with Crippen molar-refractivity contribution in [2.24, 2.45) is 0 Å². The number of hydrogen-bond donors (Lipinski definition) is 2. The van der Waals surface area contributed by atoms with E-state index in [0.717, 1.165) is 15.7 Å². The SMILES string of the molecule is CN(C)c1cccc(C(=O)NNC(=O)Cc2ccc(Br)cc2)c1. The first-order valence-electron chi connectivity index (χ1n) is 7.07. The minimum Gasteiger partial charge on any atom is -0.378 e. The van der Waals surface area contributed by atoms with Crippen molar-refractivity contribution in [3.63, 3.8) is 0 Å². The molecule has 23 heavy (non-hydrogen) atoms. The van der Waals surface area contributed by atoms with Crippen molar-refractivity contribution in [3.8, 4) is 0 Å². The third-order valence-corrected chi connectivity index (χ3v) is 3.75. The highest BCUT2D eigenvalue weighted by Gasteiger charge is 2.09. The maximum atomic E-state index is 12.1. The van der Waals surface area contributed by atoms with Crippen LogP contribution >= 0.6 is 15.9 Å². The van der Waals surface area contributed by atoms with Gasteiger partial charge in [-0.1, -0.05) is 34.1 Å². The van der Waals surface area contributed by atoms with E-state index in [9.17, 15) is 9.59 Å². The average Bonchev–Trinajstić information content (AvgIpc) is 2.55. The van der Waals surface area contributed by atoms with Crippen LogP contribution in [0.25, 0.3) is 0 Å². The number of carbonyl (C=O) groups is 2. The molecule has 0 aliphatic rings. The molecule has 0 spiro atoms. The highest BCUT2D eigenvalue weighted by molar-refractivity contribution is 9.10. The monoisotopic (exact) mass is 375 g/mol. The second-order valence-corrected chi connectivity index (χ2v) is 6.17. The fourth-order valence-electron chi connectivity index (χ4n) is 1.96. The van der Waals surface area contributed by atoms with Gasteiger partial charge in [-0.05, 0) is 35.9 Å². The molecule has 0 bridgehead atoms. The highest BCUT2D eigenvalue weighted by Crippen LogP contribution is 2.13. The lowest BCUT2D eigenvalue weighted by Gasteiger charge is -2.13. The summed E-state index contributed by atoms with van der Waals surface area (Å²) < 4.78 is 0.954. The Hall–Kier alpha value is -2.34. The number of rotatable bonds is 4. The topological polar surface area (TPSA) is 61.4 Å². The molecule has 2 N–H and O–H groups in total. The van der Waals surface area contributed by atoms with E-state index in [4.69, 9.17) is 0 Å². The Morgan fingerprint density at radius 2 is 1.74 bits per heavy atom. The Bertz CT molecular complexity index is 699. The van der Waals surface area contributed by atoms with Gasteiger partial charge in [0.25, 0.3) is 5.91 Å². The van der Waals surface area contributed by atoms with Crippen LogP contribution in [0.2, 0.25) is 0 Å². The number of nitrogens with one attached hydrogen (secondary N) is 2. The molecule has 2 aromatic rings. The summed E-state index contributed by atoms with van der Waals surface area (Å²) in [5, 5.41) is 0. The van der Waals surface area contributed by atoms with Gasteiger partial charge in [0.05, 0.1) is 6.42 Å². The average molecular weight is 376 g/mol. The van der Waals surface area contributed by atoms with Crippen LogP contribution in [0.5, 0.6) is 0 Å². The van der Waals surface area contributed by atoms with E-state index in [1.807, 2.05) is 49.3 Å². The second-order valence-electron chi connectivity index (χ2n) is 5.25. The molecule has 2 amide bonds. The van der Waals surface area contributed by atoms with Crippen molar-refractivity contribution < 1.29 is 9.59 Å². The fourth-order valence-corrected chi connectivity index (χ4v) is 2.22. The zero-order valence-corrected chi connectivity index (χ0v) is 14.6. The first-order chi connectivity index (χ1) is 11.0. The third-order valence-electron chi connectivity index (χ3n) is 3.22. The number of carbonyl (C=O) groups excluding carboxylic acids is 2. The van der Waals surface area contributed by atoms with Crippen LogP contribution in [0.1, 0.15) is 15.9 Å². The summed E-state index contributed by atoms with van der Waals surface area (Å²) in [5.74, 6) is -0.623. The lowest BCUT2D eigenvalue weighted by atomic mass is 10.1. The third kappa shape index (κ3) is 5.10. The Balaban J connectivity index is 1.89. The molecule has 6 heteroatoms. The molecule has 0 saturated heterocycles. The summed E-state index contributed by atoms with van der Waals surface area (Å²) in [6.07, 6.45) is 0.200. The number of amides is 2. The van der Waals surface area contributed by atoms with Gasteiger partial charge in [-0.15, -0.1) is 0 Å². The number of hydrazine groups is 1. The Morgan fingerprint density at radius 1 is 1.04 bits per heavy atom. The van der Waals surface area contributed by atoms with Crippen molar-refractivity contribution in [1.29, 1.82) is 0 Å². The molecule has 2 aromatic carbocycles. The van der Waals surface area contributed by atoms with E-state index in [-0.39, 0.29) is 18.2 Å². The van der Waals surface area contributed by atoms with Crippen molar-refractivity contribution in [2.45, 2.75) is 6.42 Å². The minimum absolute atomic E-state index is 0.200. The molecule has 0 aromatic heterocycles. The number of halogens is 1. The highest BCUT2D eigenvalue weighted by atomic mass is 79.9. The number of anilines is 1. The molecule has 0 aliphatic carbocycles. The first-order valence-corrected chi connectivity index (χ1v) is 7.86. The largest absolute Gasteiger partial charge is 0.378 e. The molecular weight excluding hydrogens is 358 g/mol. The van der Waals surface area contributed by atoms with E-state index in [2.05, 4.69) is 26.8 Å². The summed E-state index contributed by atoms with van der Waals surface area (Å²) in [4.78, 5) is 25.8. The summed E-state index contributed by atoms with van der Waals surface area (Å²) in [6, 6.07) is 14.6. The van der Waals surface area contributed by atoms with Crippen molar-refractivity contribution in [1.82, 2.24) is 10.9 Å². The molecule has 2 rings (SSSR count). The summed E-state index contributed by atoms with van der Waals surface area (Å²) in [7, 11) is 3.80. The molecule has 5 nitrogen and oxygen atoms in total. The fraction of sp³-hybridized carbons (Fsp3) is 0.176. The number of benzene rings is 2. The predicted octanol–water partition coefficient (Wildman–Crippen LogP) is 2.52. The van der Waals surface area contributed by atoms with Gasteiger partial charge < -0.3 is 4.90 Å². The molecule has 0 fully saturated rings. The number of hydrogen-bond acceptors (Lipinski definition) is 3. The molecule has 0 saturated carbocycles. The van der Waals surface area contributed by atoms with Crippen LogP contribution in [0.3, 0.4) is 0 Å². The van der Waals surface area contributed by atoms with E-state index in [1.54, 1.807) is 18.2 Å². The van der Waals surface area contributed by atoms with E-state index < -0.39 is 0 Å². The van der Waals surface area contributed by atoms with Gasteiger partial charge in [-0.2, -0.15) is 0 Å². The summed E-state index contributed by atoms with van der Waals surface area (Å²) in [5.41, 5.74) is 7.13. The smallest absolute Gasteiger partial charge is 0.269 e. The second kappa shape index (κ2) is 7.78. The molecule has 0 aliphatic heterocycles. The summed E-state index contributed by atoms with van der Waals surface area (Å²) in [6.45, 7) is 0. The summed E-state index contributed by atoms with van der Waals surface area (Å²) >= 11 is 3.34. The van der Waals surface area contributed by atoms with Crippen LogP contribution in [0.4, 0.5) is 5.69 Å². The zero-order valence-electron chi connectivity index (χ0n) is 13.0. The standard InChI is InChI=1S/C17H18BrN3O2/c1-21(2)15-5-3-4-13(11-15)17(23)20-19-16(22)10-12-6-8-14(18)9-7-12/h3-9,11H,10H2,1-2H3,(H,19,22)(H,20,23). The maximum Gasteiger partial charge on any atom is 0.269 e. The minimum atomic E-state index is -0.349. The first kappa shape index (κ1) is 17.0. The van der Waals surface area contributed by atoms with Gasteiger partial charge in [-0.25, -0.2) is 0 Å². The quantitative estimate of drug-likeness (QED) is 0.807. The van der Waals surface area contributed by atoms with Gasteiger partial charge in [0.2, 0.25) is 5.91 Å². The van der Waals surface area contributed by atoms with E-state index in [0.29, 0.717) is 5.56 Å². The Morgan fingerprint density at radius 3 is 2.39 bits per heavy atom. The van der Waals surface area contributed by atoms with Gasteiger partial charge >= 0.3 is 0 Å². The van der Waals surface area contributed by atoms with Gasteiger partial charge in [0.15, 0.2) is 0 Å². The van der Waals surface area contributed by atoms with Crippen molar-refractivity contribution >= 4 is 33.4 Å². The normalized spacial score (nSPS) is 10.0. The van der Waals surface area contributed by atoms with Crippen LogP contribution in [0.15, 0.2) is 53.0 Å². The lowest BCUT2D eigenvalue weighted by Crippen LogP contribution is -2.42. The van der Waals surface area contributed by atoms with Gasteiger partial charge in [0.1, 0.15) is 0 Å². The van der Waals surface area contributed by atoms with Crippen LogP contribution < -0.4 is 15.8 Å².